The second-order valence-corrected chi connectivity index (χ2v) is 6.46. The van der Waals surface area contributed by atoms with Crippen molar-refractivity contribution in [1.82, 2.24) is 4.98 Å². The maximum absolute atomic E-state index is 6.27. The molecular formula is C24H32N4. The van der Waals surface area contributed by atoms with Gasteiger partial charge in [0.2, 0.25) is 0 Å². The van der Waals surface area contributed by atoms with Gasteiger partial charge in [-0.05, 0) is 47.7 Å². The Bertz CT molecular complexity index is 915. The van der Waals surface area contributed by atoms with E-state index in [1.165, 1.54) is 11.1 Å². The summed E-state index contributed by atoms with van der Waals surface area (Å²) in [6.45, 7) is 8.72. The molecule has 148 valence electrons. The van der Waals surface area contributed by atoms with Gasteiger partial charge in [-0.1, -0.05) is 56.7 Å². The van der Waals surface area contributed by atoms with Gasteiger partial charge in [0, 0.05) is 36.6 Å². The Morgan fingerprint density at radius 1 is 1.00 bits per heavy atom. The Hall–Kier alpha value is -2.85. The number of aromatic nitrogens is 1. The SMILES string of the molecule is CC.CCc1c(-c2ccc(NC)c(CN)c2)cnc(N)c1-c1ccc(C)cc1. The molecule has 0 amide bonds. The molecule has 0 unspecified atom stereocenters. The Morgan fingerprint density at radius 2 is 1.64 bits per heavy atom. The molecular weight excluding hydrogens is 344 g/mol. The van der Waals surface area contributed by atoms with E-state index in [1.807, 2.05) is 27.1 Å². The molecule has 2 aromatic carbocycles. The molecule has 0 aliphatic rings. The number of pyridine rings is 1. The van der Waals surface area contributed by atoms with Crippen molar-refractivity contribution in [2.45, 2.75) is 40.7 Å². The highest BCUT2D eigenvalue weighted by Gasteiger charge is 2.16. The highest BCUT2D eigenvalue weighted by atomic mass is 14.8. The van der Waals surface area contributed by atoms with Gasteiger partial charge in [-0.15, -0.1) is 0 Å². The second kappa shape index (κ2) is 9.90. The summed E-state index contributed by atoms with van der Waals surface area (Å²) in [6, 6.07) is 14.7. The second-order valence-electron chi connectivity index (χ2n) is 6.46. The number of nitrogens with zero attached hydrogens (tertiary/aromatic N) is 1. The van der Waals surface area contributed by atoms with E-state index in [2.05, 4.69) is 66.6 Å². The predicted octanol–water partition coefficient (Wildman–Crippen LogP) is 5.40. The van der Waals surface area contributed by atoms with Crippen LogP contribution < -0.4 is 16.8 Å². The number of aryl methyl sites for hydroxylation is 1. The zero-order valence-electron chi connectivity index (χ0n) is 17.6. The molecule has 0 atom stereocenters. The molecule has 3 rings (SSSR count). The molecule has 0 bridgehead atoms. The highest BCUT2D eigenvalue weighted by molar-refractivity contribution is 5.84. The van der Waals surface area contributed by atoms with Gasteiger partial charge in [0.15, 0.2) is 0 Å². The lowest BCUT2D eigenvalue weighted by Gasteiger charge is -2.17. The summed E-state index contributed by atoms with van der Waals surface area (Å²) in [7, 11) is 1.91. The van der Waals surface area contributed by atoms with Crippen molar-refractivity contribution in [2.75, 3.05) is 18.1 Å². The molecule has 5 N–H and O–H groups in total. The highest BCUT2D eigenvalue weighted by Crippen LogP contribution is 2.36. The first-order valence-electron chi connectivity index (χ1n) is 9.94. The van der Waals surface area contributed by atoms with Crippen LogP contribution in [0.3, 0.4) is 0 Å². The van der Waals surface area contributed by atoms with Gasteiger partial charge in [-0.25, -0.2) is 4.98 Å². The van der Waals surface area contributed by atoms with Gasteiger partial charge >= 0.3 is 0 Å². The summed E-state index contributed by atoms with van der Waals surface area (Å²) in [5, 5.41) is 3.19. The number of rotatable bonds is 5. The van der Waals surface area contributed by atoms with E-state index in [1.54, 1.807) is 0 Å². The number of nitrogens with one attached hydrogen (secondary N) is 1. The van der Waals surface area contributed by atoms with Crippen molar-refractivity contribution in [2.24, 2.45) is 5.73 Å². The van der Waals surface area contributed by atoms with Gasteiger partial charge in [0.1, 0.15) is 5.82 Å². The molecule has 0 aliphatic carbocycles. The average molecular weight is 377 g/mol. The van der Waals surface area contributed by atoms with E-state index >= 15 is 0 Å². The minimum atomic E-state index is 0.485. The monoisotopic (exact) mass is 376 g/mol. The van der Waals surface area contributed by atoms with Crippen LogP contribution >= 0.6 is 0 Å². The van der Waals surface area contributed by atoms with E-state index < -0.39 is 0 Å². The van der Waals surface area contributed by atoms with Crippen LogP contribution in [0.5, 0.6) is 0 Å². The normalized spacial score (nSPS) is 10.2. The van der Waals surface area contributed by atoms with Crippen molar-refractivity contribution in [3.05, 3.63) is 65.4 Å². The van der Waals surface area contributed by atoms with Crippen LogP contribution in [-0.2, 0) is 13.0 Å². The first-order valence-corrected chi connectivity index (χ1v) is 9.94. The summed E-state index contributed by atoms with van der Waals surface area (Å²) in [6.07, 6.45) is 2.75. The Morgan fingerprint density at radius 3 is 2.21 bits per heavy atom. The summed E-state index contributed by atoms with van der Waals surface area (Å²) < 4.78 is 0. The van der Waals surface area contributed by atoms with Crippen LogP contribution in [0.2, 0.25) is 0 Å². The van der Waals surface area contributed by atoms with Gasteiger partial charge in [-0.3, -0.25) is 0 Å². The molecule has 4 nitrogen and oxygen atoms in total. The van der Waals surface area contributed by atoms with Crippen molar-refractivity contribution in [3.8, 4) is 22.3 Å². The first-order chi connectivity index (χ1) is 13.6. The van der Waals surface area contributed by atoms with Gasteiger partial charge in [-0.2, -0.15) is 0 Å². The third-order valence-corrected chi connectivity index (χ3v) is 4.82. The summed E-state index contributed by atoms with van der Waals surface area (Å²) in [4.78, 5) is 4.49. The van der Waals surface area contributed by atoms with Crippen LogP contribution in [0, 0.1) is 6.92 Å². The Kier molecular flexibility index (Phi) is 7.59. The van der Waals surface area contributed by atoms with Crippen molar-refractivity contribution in [3.63, 3.8) is 0 Å². The van der Waals surface area contributed by atoms with Crippen LogP contribution in [0.25, 0.3) is 22.3 Å². The number of anilines is 2. The molecule has 0 aliphatic heterocycles. The Labute approximate surface area is 169 Å². The molecule has 28 heavy (non-hydrogen) atoms. The summed E-state index contributed by atoms with van der Waals surface area (Å²) in [5.41, 5.74) is 21.1. The smallest absolute Gasteiger partial charge is 0.131 e. The van der Waals surface area contributed by atoms with E-state index in [4.69, 9.17) is 11.5 Å². The molecule has 0 fully saturated rings. The van der Waals surface area contributed by atoms with E-state index in [-0.39, 0.29) is 0 Å². The number of nitrogen functional groups attached to an aromatic ring is 1. The number of hydrogen-bond acceptors (Lipinski definition) is 4. The third-order valence-electron chi connectivity index (χ3n) is 4.82. The predicted molar refractivity (Wildman–Crippen MR) is 122 cm³/mol. The minimum Gasteiger partial charge on any atom is -0.388 e. The quantitative estimate of drug-likeness (QED) is 0.557. The van der Waals surface area contributed by atoms with Crippen molar-refractivity contribution >= 4 is 11.5 Å². The van der Waals surface area contributed by atoms with Crippen LogP contribution in [0.15, 0.2) is 48.7 Å². The molecule has 0 spiro atoms. The molecule has 1 aromatic heterocycles. The zero-order valence-corrected chi connectivity index (χ0v) is 17.6. The first kappa shape index (κ1) is 21.5. The minimum absolute atomic E-state index is 0.485. The van der Waals surface area contributed by atoms with Crippen LogP contribution in [0.1, 0.15) is 37.5 Å². The fourth-order valence-corrected chi connectivity index (χ4v) is 3.40. The number of benzene rings is 2. The van der Waals surface area contributed by atoms with E-state index in [0.29, 0.717) is 12.4 Å². The van der Waals surface area contributed by atoms with E-state index in [9.17, 15) is 0 Å². The standard InChI is InChI=1S/C22H26N4.C2H6/c1-4-18-19(16-9-10-20(25-3)17(11-16)12-23)13-26-22(24)21(18)15-7-5-14(2)6-8-15;1-2/h5-11,13,25H,4,12,23H2,1-3H3,(H2,24,26);1-2H3. The lowest BCUT2D eigenvalue weighted by atomic mass is 9.91. The van der Waals surface area contributed by atoms with Crippen molar-refractivity contribution < 1.29 is 0 Å². The lowest BCUT2D eigenvalue weighted by molar-refractivity contribution is 1.07. The molecule has 3 aromatic rings. The molecule has 4 heteroatoms. The van der Waals surface area contributed by atoms with Crippen LogP contribution in [-0.4, -0.2) is 12.0 Å². The zero-order chi connectivity index (χ0) is 20.7. The largest absolute Gasteiger partial charge is 0.388 e. The molecule has 0 radical (unpaired) electrons. The molecule has 1 heterocycles. The van der Waals surface area contributed by atoms with Gasteiger partial charge in [0.05, 0.1) is 0 Å². The maximum Gasteiger partial charge on any atom is 0.131 e. The van der Waals surface area contributed by atoms with Gasteiger partial charge < -0.3 is 16.8 Å². The number of nitrogens with two attached hydrogens (primary N) is 2. The lowest BCUT2D eigenvalue weighted by Crippen LogP contribution is -2.04. The third kappa shape index (κ3) is 4.34. The summed E-state index contributed by atoms with van der Waals surface area (Å²) >= 11 is 0. The Balaban J connectivity index is 0.00000136. The fraction of sp³-hybridized carbons (Fsp3) is 0.292. The molecule has 0 saturated heterocycles. The van der Waals surface area contributed by atoms with Crippen molar-refractivity contribution in [1.29, 1.82) is 0 Å². The number of hydrogen-bond donors (Lipinski definition) is 3. The van der Waals surface area contributed by atoms with Gasteiger partial charge in [0.25, 0.3) is 0 Å². The summed E-state index contributed by atoms with van der Waals surface area (Å²) in [5.74, 6) is 0.570. The van der Waals surface area contributed by atoms with Crippen LogP contribution in [0.4, 0.5) is 11.5 Å². The average Bonchev–Trinajstić information content (AvgIpc) is 2.75. The maximum atomic E-state index is 6.27. The fourth-order valence-electron chi connectivity index (χ4n) is 3.40. The molecule has 0 saturated carbocycles. The topological polar surface area (TPSA) is 77.0 Å². The van der Waals surface area contributed by atoms with E-state index in [0.717, 1.165) is 39.9 Å².